The standard InChI is InChI=1S/C14H15N3O2S/c1-16(14(19)12-7-15-17(2)8-12)9-13-6-11(10-20-13)4-3-5-18/h6-8,10,18H,5,9H2,1-2H3. The minimum atomic E-state index is -0.148. The number of aromatic nitrogens is 2. The third-order valence-corrected chi connectivity index (χ3v) is 3.58. The van der Waals surface area contributed by atoms with E-state index in [0.717, 1.165) is 10.4 Å². The van der Waals surface area contributed by atoms with E-state index in [0.29, 0.717) is 12.1 Å². The molecule has 0 unspecified atom stereocenters. The van der Waals surface area contributed by atoms with Crippen LogP contribution in [0.25, 0.3) is 0 Å². The number of thiophene rings is 1. The molecule has 0 bridgehead atoms. The van der Waals surface area contributed by atoms with Gasteiger partial charge in [0.2, 0.25) is 0 Å². The number of aliphatic hydroxyl groups excluding tert-OH is 1. The van der Waals surface area contributed by atoms with Crippen molar-refractivity contribution < 1.29 is 9.90 Å². The van der Waals surface area contributed by atoms with E-state index in [1.165, 1.54) is 0 Å². The number of nitrogens with zero attached hydrogens (tertiary/aromatic N) is 3. The molecule has 0 saturated heterocycles. The van der Waals surface area contributed by atoms with Crippen LogP contribution in [0.1, 0.15) is 20.8 Å². The van der Waals surface area contributed by atoms with E-state index in [9.17, 15) is 4.79 Å². The fraction of sp³-hybridized carbons (Fsp3) is 0.286. The number of aryl methyl sites for hydroxylation is 1. The third-order valence-electron chi connectivity index (χ3n) is 2.66. The maximum absolute atomic E-state index is 12.2. The number of aliphatic hydroxyl groups is 1. The molecule has 0 aliphatic heterocycles. The maximum Gasteiger partial charge on any atom is 0.257 e. The Morgan fingerprint density at radius 1 is 1.60 bits per heavy atom. The molecule has 0 spiro atoms. The molecule has 2 heterocycles. The topological polar surface area (TPSA) is 58.4 Å². The Morgan fingerprint density at radius 2 is 2.40 bits per heavy atom. The van der Waals surface area contributed by atoms with Crippen molar-refractivity contribution in [1.29, 1.82) is 0 Å². The van der Waals surface area contributed by atoms with Crippen LogP contribution in [-0.2, 0) is 13.6 Å². The van der Waals surface area contributed by atoms with Crippen molar-refractivity contribution in [1.82, 2.24) is 14.7 Å². The predicted molar refractivity (Wildman–Crippen MR) is 77.3 cm³/mol. The van der Waals surface area contributed by atoms with Crippen LogP contribution in [0.3, 0.4) is 0 Å². The van der Waals surface area contributed by atoms with E-state index in [-0.39, 0.29) is 12.5 Å². The van der Waals surface area contributed by atoms with Gasteiger partial charge >= 0.3 is 0 Å². The molecule has 6 heteroatoms. The van der Waals surface area contributed by atoms with E-state index in [4.69, 9.17) is 5.11 Å². The average Bonchev–Trinajstić information content (AvgIpc) is 3.04. The first kappa shape index (κ1) is 14.3. The Morgan fingerprint density at radius 3 is 3.05 bits per heavy atom. The largest absolute Gasteiger partial charge is 0.384 e. The second-order valence-electron chi connectivity index (χ2n) is 4.33. The van der Waals surface area contributed by atoms with Crippen molar-refractivity contribution in [2.24, 2.45) is 7.05 Å². The lowest BCUT2D eigenvalue weighted by atomic mass is 10.3. The van der Waals surface area contributed by atoms with Crippen LogP contribution < -0.4 is 0 Å². The Labute approximate surface area is 121 Å². The number of carbonyl (C=O) groups is 1. The van der Waals surface area contributed by atoms with Gasteiger partial charge in [-0.05, 0) is 6.07 Å². The summed E-state index contributed by atoms with van der Waals surface area (Å²) in [6.45, 7) is 0.379. The van der Waals surface area contributed by atoms with Crippen LogP contribution >= 0.6 is 11.3 Å². The molecule has 5 nitrogen and oxygen atoms in total. The van der Waals surface area contributed by atoms with Crippen molar-refractivity contribution in [2.75, 3.05) is 13.7 Å². The molecule has 20 heavy (non-hydrogen) atoms. The zero-order valence-corrected chi connectivity index (χ0v) is 12.1. The predicted octanol–water partition coefficient (Wildman–Crippen LogP) is 1.10. The van der Waals surface area contributed by atoms with Crippen molar-refractivity contribution in [3.63, 3.8) is 0 Å². The lowest BCUT2D eigenvalue weighted by molar-refractivity contribution is 0.0786. The van der Waals surface area contributed by atoms with Gasteiger partial charge in [0.1, 0.15) is 6.61 Å². The van der Waals surface area contributed by atoms with Gasteiger partial charge in [0, 0.05) is 36.1 Å². The fourth-order valence-electron chi connectivity index (χ4n) is 1.73. The van der Waals surface area contributed by atoms with E-state index in [1.54, 1.807) is 47.4 Å². The fourth-order valence-corrected chi connectivity index (χ4v) is 2.60. The second kappa shape index (κ2) is 6.37. The van der Waals surface area contributed by atoms with E-state index in [1.807, 2.05) is 11.4 Å². The monoisotopic (exact) mass is 289 g/mol. The highest BCUT2D eigenvalue weighted by atomic mass is 32.1. The van der Waals surface area contributed by atoms with Gasteiger partial charge in [-0.1, -0.05) is 11.8 Å². The molecular weight excluding hydrogens is 274 g/mol. The van der Waals surface area contributed by atoms with Crippen molar-refractivity contribution in [3.05, 3.63) is 39.8 Å². The number of hydrogen-bond acceptors (Lipinski definition) is 4. The zero-order valence-electron chi connectivity index (χ0n) is 11.3. The van der Waals surface area contributed by atoms with Crippen molar-refractivity contribution in [2.45, 2.75) is 6.54 Å². The van der Waals surface area contributed by atoms with Gasteiger partial charge in [0.15, 0.2) is 0 Å². The van der Waals surface area contributed by atoms with Gasteiger partial charge in [0.25, 0.3) is 5.91 Å². The van der Waals surface area contributed by atoms with Gasteiger partial charge in [-0.25, -0.2) is 0 Å². The minimum Gasteiger partial charge on any atom is -0.384 e. The molecule has 0 fully saturated rings. The molecule has 0 aliphatic rings. The Hall–Kier alpha value is -2.10. The highest BCUT2D eigenvalue weighted by Crippen LogP contribution is 2.16. The summed E-state index contributed by atoms with van der Waals surface area (Å²) in [5, 5.41) is 14.6. The summed E-state index contributed by atoms with van der Waals surface area (Å²) in [4.78, 5) is 14.9. The van der Waals surface area contributed by atoms with Crippen LogP contribution in [-0.4, -0.2) is 39.3 Å². The highest BCUT2D eigenvalue weighted by Gasteiger charge is 2.14. The quantitative estimate of drug-likeness (QED) is 0.861. The average molecular weight is 289 g/mol. The number of rotatable bonds is 3. The van der Waals surface area contributed by atoms with E-state index in [2.05, 4.69) is 16.9 Å². The molecule has 0 radical (unpaired) electrons. The molecule has 1 N–H and O–H groups in total. The van der Waals surface area contributed by atoms with Gasteiger partial charge < -0.3 is 10.0 Å². The number of amides is 1. The van der Waals surface area contributed by atoms with Crippen LogP contribution in [0, 0.1) is 11.8 Å². The third kappa shape index (κ3) is 3.47. The smallest absolute Gasteiger partial charge is 0.257 e. The molecule has 104 valence electrons. The summed E-state index contributed by atoms with van der Waals surface area (Å²) in [7, 11) is 3.54. The normalized spacial score (nSPS) is 9.95. The summed E-state index contributed by atoms with van der Waals surface area (Å²) in [5.41, 5.74) is 1.44. The van der Waals surface area contributed by atoms with Crippen LogP contribution in [0.15, 0.2) is 23.8 Å². The summed E-state index contributed by atoms with van der Waals surface area (Å²) in [6, 6.07) is 1.93. The van der Waals surface area contributed by atoms with Crippen molar-refractivity contribution >= 4 is 17.2 Å². The van der Waals surface area contributed by atoms with Gasteiger partial charge in [-0.2, -0.15) is 5.10 Å². The van der Waals surface area contributed by atoms with Crippen LogP contribution in [0.4, 0.5) is 0 Å². The SMILES string of the molecule is CN(Cc1cc(C#CCO)cs1)C(=O)c1cnn(C)c1. The van der Waals surface area contributed by atoms with E-state index >= 15 is 0 Å². The molecule has 0 saturated carbocycles. The summed E-state index contributed by atoms with van der Waals surface area (Å²) < 4.78 is 1.61. The summed E-state index contributed by atoms with van der Waals surface area (Å²) in [5.74, 6) is 5.39. The van der Waals surface area contributed by atoms with Crippen LogP contribution in [0.5, 0.6) is 0 Å². The second-order valence-corrected chi connectivity index (χ2v) is 5.32. The minimum absolute atomic E-state index is 0.0607. The van der Waals surface area contributed by atoms with Crippen molar-refractivity contribution in [3.8, 4) is 11.8 Å². The van der Waals surface area contributed by atoms with Gasteiger partial charge in [-0.15, -0.1) is 11.3 Å². The Balaban J connectivity index is 2.02. The molecule has 0 atom stereocenters. The Bertz CT molecular complexity index is 663. The van der Waals surface area contributed by atoms with Gasteiger partial charge in [0.05, 0.1) is 18.3 Å². The lowest BCUT2D eigenvalue weighted by Gasteiger charge is -2.14. The summed E-state index contributed by atoms with van der Waals surface area (Å²) >= 11 is 1.55. The first-order chi connectivity index (χ1) is 9.60. The Kier molecular flexibility index (Phi) is 4.56. The first-order valence-electron chi connectivity index (χ1n) is 6.01. The lowest BCUT2D eigenvalue weighted by Crippen LogP contribution is -2.25. The summed E-state index contributed by atoms with van der Waals surface area (Å²) in [6.07, 6.45) is 3.26. The molecular formula is C14H15N3O2S. The molecule has 1 amide bonds. The number of carbonyl (C=O) groups excluding carboxylic acids is 1. The molecule has 2 rings (SSSR count). The zero-order chi connectivity index (χ0) is 14.5. The molecule has 2 aromatic rings. The van der Waals surface area contributed by atoms with Gasteiger partial charge in [-0.3, -0.25) is 9.48 Å². The molecule has 0 aromatic carbocycles. The molecule has 0 aliphatic carbocycles. The highest BCUT2D eigenvalue weighted by molar-refractivity contribution is 7.10. The number of hydrogen-bond donors (Lipinski definition) is 1. The molecule has 2 aromatic heterocycles. The maximum atomic E-state index is 12.2. The first-order valence-corrected chi connectivity index (χ1v) is 6.89. The van der Waals surface area contributed by atoms with E-state index < -0.39 is 0 Å². The van der Waals surface area contributed by atoms with Crippen LogP contribution in [0.2, 0.25) is 0 Å².